The van der Waals surface area contributed by atoms with Gasteiger partial charge in [0.25, 0.3) is 0 Å². The van der Waals surface area contributed by atoms with Gasteiger partial charge >= 0.3 is 6.61 Å². The summed E-state index contributed by atoms with van der Waals surface area (Å²) in [6, 6.07) is 2.88. The van der Waals surface area contributed by atoms with Crippen LogP contribution in [-0.2, 0) is 4.79 Å². The first-order valence-electron chi connectivity index (χ1n) is 4.73. The molecular formula is C10H10F3NO4. The molecule has 0 saturated heterocycles. The Bertz CT molecular complexity index is 441. The molecule has 1 aromatic rings. The topological polar surface area (TPSA) is 92.8 Å². The molecule has 8 heteroatoms. The number of benzene rings is 1. The molecule has 1 aromatic carbocycles. The Balaban J connectivity index is 3.16. The van der Waals surface area contributed by atoms with Crippen LogP contribution in [0.4, 0.5) is 13.2 Å². The lowest BCUT2D eigenvalue weighted by Gasteiger charge is -2.19. The molecule has 0 bridgehead atoms. The number of aliphatic hydroxyl groups is 2. The SMILES string of the molecule is NC(=O)C(O)C(O)c1c(F)cccc1OC(F)F. The highest BCUT2D eigenvalue weighted by Crippen LogP contribution is 2.31. The molecule has 0 aromatic heterocycles. The van der Waals surface area contributed by atoms with Crippen molar-refractivity contribution in [2.75, 3.05) is 0 Å². The second-order valence-corrected chi connectivity index (χ2v) is 3.32. The lowest BCUT2D eigenvalue weighted by molar-refractivity contribution is -0.132. The van der Waals surface area contributed by atoms with Gasteiger partial charge in [-0.1, -0.05) is 6.07 Å². The minimum absolute atomic E-state index is 0.683. The molecule has 18 heavy (non-hydrogen) atoms. The number of carbonyl (C=O) groups is 1. The van der Waals surface area contributed by atoms with E-state index < -0.39 is 41.9 Å². The Morgan fingerprint density at radius 2 is 1.94 bits per heavy atom. The summed E-state index contributed by atoms with van der Waals surface area (Å²) in [5.74, 6) is -3.12. The smallest absolute Gasteiger partial charge is 0.387 e. The maximum Gasteiger partial charge on any atom is 0.387 e. The van der Waals surface area contributed by atoms with Crippen molar-refractivity contribution in [1.82, 2.24) is 0 Å². The second-order valence-electron chi connectivity index (χ2n) is 3.32. The number of amides is 1. The zero-order valence-electron chi connectivity index (χ0n) is 8.89. The predicted octanol–water partition coefficient (Wildman–Crippen LogP) is 0.307. The molecule has 0 spiro atoms. The number of hydrogen-bond donors (Lipinski definition) is 3. The van der Waals surface area contributed by atoms with Crippen LogP contribution in [0.3, 0.4) is 0 Å². The van der Waals surface area contributed by atoms with Gasteiger partial charge in [-0.2, -0.15) is 8.78 Å². The van der Waals surface area contributed by atoms with Crippen LogP contribution in [0.5, 0.6) is 5.75 Å². The number of hydrogen-bond acceptors (Lipinski definition) is 4. The fraction of sp³-hybridized carbons (Fsp3) is 0.300. The number of primary amides is 1. The molecule has 0 aliphatic rings. The number of aliphatic hydroxyl groups excluding tert-OH is 2. The average Bonchev–Trinajstić information content (AvgIpc) is 2.26. The Morgan fingerprint density at radius 3 is 2.44 bits per heavy atom. The van der Waals surface area contributed by atoms with Crippen LogP contribution in [0.2, 0.25) is 0 Å². The minimum atomic E-state index is -3.25. The number of carbonyl (C=O) groups excluding carboxylic acids is 1. The fourth-order valence-corrected chi connectivity index (χ4v) is 1.32. The Hall–Kier alpha value is -1.80. The van der Waals surface area contributed by atoms with Gasteiger partial charge in [-0.3, -0.25) is 4.79 Å². The zero-order chi connectivity index (χ0) is 13.9. The first-order chi connectivity index (χ1) is 8.34. The summed E-state index contributed by atoms with van der Waals surface area (Å²) >= 11 is 0. The maximum atomic E-state index is 13.4. The molecule has 5 nitrogen and oxygen atoms in total. The Kier molecular flexibility index (Phi) is 4.51. The van der Waals surface area contributed by atoms with Crippen molar-refractivity contribution in [2.45, 2.75) is 18.8 Å². The third-order valence-electron chi connectivity index (χ3n) is 2.12. The van der Waals surface area contributed by atoms with Crippen LogP contribution in [-0.4, -0.2) is 28.8 Å². The molecule has 0 heterocycles. The number of rotatable bonds is 5. The van der Waals surface area contributed by atoms with Crippen molar-refractivity contribution in [1.29, 1.82) is 0 Å². The molecule has 1 amide bonds. The van der Waals surface area contributed by atoms with Gasteiger partial charge in [0, 0.05) is 0 Å². The summed E-state index contributed by atoms with van der Waals surface area (Å²) in [5, 5.41) is 18.7. The van der Waals surface area contributed by atoms with Crippen LogP contribution in [0.25, 0.3) is 0 Å². The van der Waals surface area contributed by atoms with E-state index in [-0.39, 0.29) is 0 Å². The van der Waals surface area contributed by atoms with Gasteiger partial charge in [0.2, 0.25) is 5.91 Å². The average molecular weight is 265 g/mol. The summed E-state index contributed by atoms with van der Waals surface area (Å²) in [4.78, 5) is 10.7. The molecule has 1 rings (SSSR count). The van der Waals surface area contributed by atoms with E-state index in [2.05, 4.69) is 4.74 Å². The van der Waals surface area contributed by atoms with E-state index in [4.69, 9.17) is 5.73 Å². The van der Waals surface area contributed by atoms with Gasteiger partial charge in [-0.05, 0) is 12.1 Å². The minimum Gasteiger partial charge on any atom is -0.434 e. The molecule has 0 fully saturated rings. The standard InChI is InChI=1S/C10H10F3NO4/c11-4-2-1-3-5(18-10(12)13)6(4)7(15)8(16)9(14)17/h1-3,7-8,10,15-16H,(H2,14,17). The first kappa shape index (κ1) is 14.3. The monoisotopic (exact) mass is 265 g/mol. The molecule has 0 radical (unpaired) electrons. The molecule has 2 unspecified atom stereocenters. The van der Waals surface area contributed by atoms with Crippen LogP contribution < -0.4 is 10.5 Å². The van der Waals surface area contributed by atoms with E-state index in [1.54, 1.807) is 0 Å². The predicted molar refractivity (Wildman–Crippen MR) is 53.2 cm³/mol. The van der Waals surface area contributed by atoms with Crippen molar-refractivity contribution >= 4 is 5.91 Å². The van der Waals surface area contributed by atoms with Crippen molar-refractivity contribution < 1.29 is 32.9 Å². The van der Waals surface area contributed by atoms with E-state index in [0.29, 0.717) is 0 Å². The summed E-state index contributed by atoms with van der Waals surface area (Å²) in [5.41, 5.74) is 3.96. The van der Waals surface area contributed by atoms with Crippen LogP contribution in [0.1, 0.15) is 11.7 Å². The quantitative estimate of drug-likeness (QED) is 0.714. The normalized spacial score (nSPS) is 14.3. The van der Waals surface area contributed by atoms with E-state index >= 15 is 0 Å². The summed E-state index contributed by atoms with van der Waals surface area (Å²) in [7, 11) is 0. The third kappa shape index (κ3) is 3.11. The van der Waals surface area contributed by atoms with Gasteiger partial charge < -0.3 is 20.7 Å². The number of alkyl halides is 2. The molecule has 0 aliphatic carbocycles. The van der Waals surface area contributed by atoms with Gasteiger partial charge in [-0.15, -0.1) is 0 Å². The molecular weight excluding hydrogens is 255 g/mol. The van der Waals surface area contributed by atoms with Crippen LogP contribution in [0.15, 0.2) is 18.2 Å². The van der Waals surface area contributed by atoms with Crippen molar-refractivity contribution in [2.24, 2.45) is 5.73 Å². The highest BCUT2D eigenvalue weighted by Gasteiger charge is 2.29. The van der Waals surface area contributed by atoms with E-state index in [1.165, 1.54) is 0 Å². The van der Waals surface area contributed by atoms with Crippen molar-refractivity contribution in [3.8, 4) is 5.75 Å². The van der Waals surface area contributed by atoms with E-state index in [9.17, 15) is 28.2 Å². The summed E-state index contributed by atoms with van der Waals surface area (Å²) in [6.45, 7) is -3.25. The number of halogens is 3. The summed E-state index contributed by atoms with van der Waals surface area (Å²) in [6.07, 6.45) is -4.24. The zero-order valence-corrected chi connectivity index (χ0v) is 8.89. The van der Waals surface area contributed by atoms with Crippen LogP contribution >= 0.6 is 0 Å². The van der Waals surface area contributed by atoms with Crippen molar-refractivity contribution in [3.63, 3.8) is 0 Å². The molecule has 0 aliphatic heterocycles. The largest absolute Gasteiger partial charge is 0.434 e. The van der Waals surface area contributed by atoms with Gasteiger partial charge in [-0.25, -0.2) is 4.39 Å². The Labute approximate surface area is 99.6 Å². The van der Waals surface area contributed by atoms with E-state index in [0.717, 1.165) is 18.2 Å². The first-order valence-corrected chi connectivity index (χ1v) is 4.73. The van der Waals surface area contributed by atoms with Gasteiger partial charge in [0.05, 0.1) is 5.56 Å². The molecule has 100 valence electrons. The third-order valence-corrected chi connectivity index (χ3v) is 2.12. The molecule has 2 atom stereocenters. The number of ether oxygens (including phenoxy) is 1. The fourth-order valence-electron chi connectivity index (χ4n) is 1.32. The Morgan fingerprint density at radius 1 is 1.33 bits per heavy atom. The van der Waals surface area contributed by atoms with E-state index in [1.807, 2.05) is 0 Å². The lowest BCUT2D eigenvalue weighted by Crippen LogP contribution is -2.34. The van der Waals surface area contributed by atoms with Crippen molar-refractivity contribution in [3.05, 3.63) is 29.6 Å². The second kappa shape index (κ2) is 5.69. The molecule has 4 N–H and O–H groups in total. The summed E-state index contributed by atoms with van der Waals surface area (Å²) < 4.78 is 41.6. The lowest BCUT2D eigenvalue weighted by atomic mass is 10.0. The van der Waals surface area contributed by atoms with Gasteiger partial charge in [0.15, 0.2) is 6.10 Å². The highest BCUT2D eigenvalue weighted by atomic mass is 19.3. The highest BCUT2D eigenvalue weighted by molar-refractivity contribution is 5.79. The van der Waals surface area contributed by atoms with Gasteiger partial charge in [0.1, 0.15) is 17.7 Å². The van der Waals surface area contributed by atoms with Crippen LogP contribution in [0, 0.1) is 5.82 Å². The molecule has 0 saturated carbocycles. The number of nitrogens with two attached hydrogens (primary N) is 1. The maximum absolute atomic E-state index is 13.4.